The quantitative estimate of drug-likeness (QED) is 0.913. The van der Waals surface area contributed by atoms with E-state index in [9.17, 15) is 4.79 Å². The molecule has 1 aromatic carbocycles. The first-order chi connectivity index (χ1) is 10.1. The molecule has 1 aliphatic heterocycles. The zero-order chi connectivity index (χ0) is 15.0. The Hall–Kier alpha value is -1.85. The Morgan fingerprint density at radius 2 is 2.29 bits per heavy atom. The van der Waals surface area contributed by atoms with Crippen molar-refractivity contribution in [2.45, 2.75) is 26.3 Å². The summed E-state index contributed by atoms with van der Waals surface area (Å²) in [5.41, 5.74) is 2.53. The molecule has 1 aromatic heterocycles. The van der Waals surface area contributed by atoms with Crippen LogP contribution in [0.5, 0.6) is 0 Å². The van der Waals surface area contributed by atoms with Crippen LogP contribution in [0.3, 0.4) is 0 Å². The van der Waals surface area contributed by atoms with E-state index in [-0.39, 0.29) is 11.9 Å². The van der Waals surface area contributed by atoms with Crippen LogP contribution in [0.2, 0.25) is 5.02 Å². The fourth-order valence-electron chi connectivity index (χ4n) is 2.58. The molecule has 1 unspecified atom stereocenters. The van der Waals surface area contributed by atoms with Crippen molar-refractivity contribution < 1.29 is 4.79 Å². The molecule has 0 spiro atoms. The van der Waals surface area contributed by atoms with Crippen molar-refractivity contribution in [3.8, 4) is 5.69 Å². The van der Waals surface area contributed by atoms with Gasteiger partial charge in [0.2, 0.25) is 5.91 Å². The smallest absolute Gasteiger partial charge is 0.246 e. The molecule has 110 valence electrons. The van der Waals surface area contributed by atoms with Crippen molar-refractivity contribution in [3.05, 3.63) is 40.9 Å². The van der Waals surface area contributed by atoms with E-state index < -0.39 is 0 Å². The first-order valence-corrected chi connectivity index (χ1v) is 7.37. The summed E-state index contributed by atoms with van der Waals surface area (Å²) in [5.74, 6) is 0.816. The number of hydrogen-bond acceptors (Lipinski definition) is 3. The lowest BCUT2D eigenvalue weighted by molar-refractivity contribution is -0.117. The Labute approximate surface area is 128 Å². The SMILES string of the molecule is CCCNC1C(=O)Nc2cc(-n3ccnc3C)c(Cl)cc21. The average molecular weight is 305 g/mol. The van der Waals surface area contributed by atoms with E-state index in [1.54, 1.807) is 6.20 Å². The number of aryl methyl sites for hydroxylation is 1. The van der Waals surface area contributed by atoms with Gasteiger partial charge in [-0.2, -0.15) is 0 Å². The van der Waals surface area contributed by atoms with Crippen LogP contribution >= 0.6 is 11.6 Å². The van der Waals surface area contributed by atoms with Crippen LogP contribution < -0.4 is 10.6 Å². The van der Waals surface area contributed by atoms with Gasteiger partial charge in [-0.25, -0.2) is 4.98 Å². The highest BCUT2D eigenvalue weighted by Gasteiger charge is 2.31. The summed E-state index contributed by atoms with van der Waals surface area (Å²) in [6, 6.07) is 3.43. The molecule has 0 saturated carbocycles. The monoisotopic (exact) mass is 304 g/mol. The molecule has 1 atom stereocenters. The fourth-order valence-corrected chi connectivity index (χ4v) is 2.84. The molecular formula is C15H17ClN4O. The minimum Gasteiger partial charge on any atom is -0.324 e. The third kappa shape index (κ3) is 2.43. The Kier molecular flexibility index (Phi) is 3.69. The third-order valence-corrected chi connectivity index (χ3v) is 3.94. The van der Waals surface area contributed by atoms with Gasteiger partial charge in [0, 0.05) is 23.6 Å². The minimum atomic E-state index is -0.324. The van der Waals surface area contributed by atoms with Crippen LogP contribution in [0.15, 0.2) is 24.5 Å². The van der Waals surface area contributed by atoms with Crippen LogP contribution in [0.25, 0.3) is 5.69 Å². The van der Waals surface area contributed by atoms with Gasteiger partial charge >= 0.3 is 0 Å². The summed E-state index contributed by atoms with van der Waals surface area (Å²) >= 11 is 6.40. The van der Waals surface area contributed by atoms with Gasteiger partial charge in [-0.1, -0.05) is 18.5 Å². The minimum absolute atomic E-state index is 0.0333. The maximum absolute atomic E-state index is 12.1. The summed E-state index contributed by atoms with van der Waals surface area (Å²) in [5, 5.41) is 6.76. The number of nitrogens with zero attached hydrogens (tertiary/aromatic N) is 2. The second-order valence-corrected chi connectivity index (χ2v) is 5.52. The molecule has 0 bridgehead atoms. The summed E-state index contributed by atoms with van der Waals surface area (Å²) < 4.78 is 1.90. The Morgan fingerprint density at radius 1 is 1.48 bits per heavy atom. The van der Waals surface area contributed by atoms with Gasteiger partial charge in [0.25, 0.3) is 0 Å². The number of amides is 1. The van der Waals surface area contributed by atoms with E-state index >= 15 is 0 Å². The Bertz CT molecular complexity index is 695. The van der Waals surface area contributed by atoms with Gasteiger partial charge in [0.15, 0.2) is 0 Å². The van der Waals surface area contributed by atoms with Gasteiger partial charge < -0.3 is 15.2 Å². The lowest BCUT2D eigenvalue weighted by Crippen LogP contribution is -2.28. The van der Waals surface area contributed by atoms with Crippen molar-refractivity contribution in [1.29, 1.82) is 0 Å². The number of halogens is 1. The number of carbonyl (C=O) groups is 1. The van der Waals surface area contributed by atoms with Crippen LogP contribution in [-0.4, -0.2) is 22.0 Å². The van der Waals surface area contributed by atoms with Crippen molar-refractivity contribution in [2.24, 2.45) is 0 Å². The molecule has 2 aromatic rings. The second-order valence-electron chi connectivity index (χ2n) is 5.11. The predicted molar refractivity (Wildman–Crippen MR) is 83.0 cm³/mol. The maximum Gasteiger partial charge on any atom is 0.246 e. The Balaban J connectivity index is 2.02. The summed E-state index contributed by atoms with van der Waals surface area (Å²) in [7, 11) is 0. The number of aromatic nitrogens is 2. The number of benzene rings is 1. The number of fused-ring (bicyclic) bond motifs is 1. The molecule has 0 saturated heterocycles. The second kappa shape index (κ2) is 5.50. The van der Waals surface area contributed by atoms with Gasteiger partial charge in [-0.3, -0.25) is 4.79 Å². The molecule has 0 fully saturated rings. The number of imidazole rings is 1. The van der Waals surface area contributed by atoms with Gasteiger partial charge in [-0.05, 0) is 32.0 Å². The molecule has 1 amide bonds. The van der Waals surface area contributed by atoms with Crippen LogP contribution in [0.4, 0.5) is 5.69 Å². The standard InChI is InChI=1S/C15H17ClN4O/c1-3-4-18-14-10-7-11(16)13(8-12(10)19-15(14)21)20-6-5-17-9(20)2/h5-8,14,18H,3-4H2,1-2H3,(H,19,21). The van der Waals surface area contributed by atoms with Crippen LogP contribution in [0, 0.1) is 6.92 Å². The van der Waals surface area contributed by atoms with Crippen molar-refractivity contribution in [2.75, 3.05) is 11.9 Å². The molecule has 2 N–H and O–H groups in total. The zero-order valence-electron chi connectivity index (χ0n) is 12.0. The molecule has 3 rings (SSSR count). The van der Waals surface area contributed by atoms with Crippen molar-refractivity contribution in [1.82, 2.24) is 14.9 Å². The first-order valence-electron chi connectivity index (χ1n) is 7.00. The largest absolute Gasteiger partial charge is 0.324 e. The number of nitrogens with one attached hydrogen (secondary N) is 2. The molecule has 0 aliphatic carbocycles. The van der Waals surface area contributed by atoms with E-state index in [4.69, 9.17) is 11.6 Å². The molecule has 21 heavy (non-hydrogen) atoms. The number of carbonyl (C=O) groups excluding carboxylic acids is 1. The highest BCUT2D eigenvalue weighted by atomic mass is 35.5. The fraction of sp³-hybridized carbons (Fsp3) is 0.333. The third-order valence-electron chi connectivity index (χ3n) is 3.63. The van der Waals surface area contributed by atoms with Gasteiger partial charge in [0.05, 0.1) is 10.7 Å². The summed E-state index contributed by atoms with van der Waals surface area (Å²) in [6.45, 7) is 4.77. The number of anilines is 1. The Morgan fingerprint density at radius 3 is 2.95 bits per heavy atom. The van der Waals surface area contributed by atoms with Crippen molar-refractivity contribution in [3.63, 3.8) is 0 Å². The lowest BCUT2D eigenvalue weighted by atomic mass is 10.1. The van der Waals surface area contributed by atoms with E-state index in [0.717, 1.165) is 35.7 Å². The van der Waals surface area contributed by atoms with E-state index in [2.05, 4.69) is 22.5 Å². The zero-order valence-corrected chi connectivity index (χ0v) is 12.7. The van der Waals surface area contributed by atoms with Gasteiger partial charge in [-0.15, -0.1) is 0 Å². The van der Waals surface area contributed by atoms with Crippen LogP contribution in [-0.2, 0) is 4.79 Å². The number of hydrogen-bond donors (Lipinski definition) is 2. The highest BCUT2D eigenvalue weighted by molar-refractivity contribution is 6.32. The van der Waals surface area contributed by atoms with E-state index in [1.807, 2.05) is 29.8 Å². The topological polar surface area (TPSA) is 59.0 Å². The molecule has 6 heteroatoms. The number of rotatable bonds is 4. The highest BCUT2D eigenvalue weighted by Crippen LogP contribution is 2.36. The average Bonchev–Trinajstić information content (AvgIpc) is 2.99. The molecule has 5 nitrogen and oxygen atoms in total. The van der Waals surface area contributed by atoms with Gasteiger partial charge in [0.1, 0.15) is 11.9 Å². The predicted octanol–water partition coefficient (Wildman–Crippen LogP) is 2.83. The van der Waals surface area contributed by atoms with E-state index in [1.165, 1.54) is 0 Å². The molecule has 0 radical (unpaired) electrons. The maximum atomic E-state index is 12.1. The van der Waals surface area contributed by atoms with Crippen molar-refractivity contribution >= 4 is 23.2 Å². The van der Waals surface area contributed by atoms with E-state index in [0.29, 0.717) is 5.02 Å². The first kappa shape index (κ1) is 14.1. The normalized spacial score (nSPS) is 16.9. The summed E-state index contributed by atoms with van der Waals surface area (Å²) in [4.78, 5) is 16.3. The van der Waals surface area contributed by atoms with Crippen LogP contribution in [0.1, 0.15) is 30.8 Å². The molecule has 2 heterocycles. The summed E-state index contributed by atoms with van der Waals surface area (Å²) in [6.07, 6.45) is 4.55. The molecule has 1 aliphatic rings. The lowest BCUT2D eigenvalue weighted by Gasteiger charge is -2.13. The molecular weight excluding hydrogens is 288 g/mol.